The highest BCUT2D eigenvalue weighted by Gasteiger charge is 2.18. The molecule has 3 aromatic heterocycles. The fourth-order valence-corrected chi connectivity index (χ4v) is 3.90. The van der Waals surface area contributed by atoms with E-state index < -0.39 is 0 Å². The van der Waals surface area contributed by atoms with E-state index in [0.717, 1.165) is 46.6 Å². The minimum atomic E-state index is 0.808. The van der Waals surface area contributed by atoms with Crippen molar-refractivity contribution in [3.8, 4) is 17.1 Å². The molecule has 4 aromatic rings. The summed E-state index contributed by atoms with van der Waals surface area (Å²) in [6, 6.07) is 12.1. The number of nitrogens with zero attached hydrogens (tertiary/aromatic N) is 5. The van der Waals surface area contributed by atoms with E-state index in [4.69, 9.17) is 4.42 Å². The maximum absolute atomic E-state index is 5.47. The van der Waals surface area contributed by atoms with Gasteiger partial charge in [-0.1, -0.05) is 30.0 Å². The standard InChI is InChI=1S/C20H21N5OS/c1-15-18(10-11-26-15)19-22-23-20(25(19)17-8-4-3-5-9-17)27-12-6-7-16-13-21-24(2)14-16/h3-5,8-11,13-14H,6-7,12H2,1-2H3. The topological polar surface area (TPSA) is 61.7 Å². The first-order chi connectivity index (χ1) is 13.2. The van der Waals surface area contributed by atoms with Crippen LogP contribution in [0.3, 0.4) is 0 Å². The molecule has 7 heteroatoms. The van der Waals surface area contributed by atoms with Crippen molar-refractivity contribution in [2.75, 3.05) is 5.75 Å². The van der Waals surface area contributed by atoms with Crippen molar-refractivity contribution in [2.45, 2.75) is 24.9 Å². The molecule has 138 valence electrons. The second kappa shape index (κ2) is 7.84. The van der Waals surface area contributed by atoms with E-state index in [-0.39, 0.29) is 0 Å². The number of para-hydroxylation sites is 1. The summed E-state index contributed by atoms with van der Waals surface area (Å²) < 4.78 is 9.42. The molecule has 0 spiro atoms. The van der Waals surface area contributed by atoms with Crippen LogP contribution in [0.25, 0.3) is 17.1 Å². The summed E-state index contributed by atoms with van der Waals surface area (Å²) in [5, 5.41) is 14.0. The van der Waals surface area contributed by atoms with Crippen LogP contribution in [-0.2, 0) is 13.5 Å². The zero-order valence-corrected chi connectivity index (χ0v) is 16.2. The van der Waals surface area contributed by atoms with Gasteiger partial charge in [0.15, 0.2) is 11.0 Å². The van der Waals surface area contributed by atoms with Gasteiger partial charge >= 0.3 is 0 Å². The Bertz CT molecular complexity index is 1020. The van der Waals surface area contributed by atoms with Crippen molar-refractivity contribution in [1.82, 2.24) is 24.5 Å². The highest BCUT2D eigenvalue weighted by molar-refractivity contribution is 7.99. The average molecular weight is 379 g/mol. The van der Waals surface area contributed by atoms with Gasteiger partial charge in [-0.2, -0.15) is 5.10 Å². The Morgan fingerprint density at radius 1 is 1.11 bits per heavy atom. The molecule has 0 radical (unpaired) electrons. The molecule has 4 rings (SSSR count). The Morgan fingerprint density at radius 2 is 1.96 bits per heavy atom. The number of rotatable bonds is 7. The van der Waals surface area contributed by atoms with Crippen LogP contribution in [0.2, 0.25) is 0 Å². The van der Waals surface area contributed by atoms with Crippen LogP contribution in [0.15, 0.2) is 64.6 Å². The van der Waals surface area contributed by atoms with Crippen molar-refractivity contribution in [3.63, 3.8) is 0 Å². The highest BCUT2D eigenvalue weighted by Crippen LogP contribution is 2.30. The molecular weight excluding hydrogens is 358 g/mol. The van der Waals surface area contributed by atoms with E-state index in [0.29, 0.717) is 0 Å². The number of aryl methyl sites for hydroxylation is 3. The molecule has 0 N–H and O–H groups in total. The smallest absolute Gasteiger partial charge is 0.196 e. The lowest BCUT2D eigenvalue weighted by Crippen LogP contribution is -2.00. The van der Waals surface area contributed by atoms with Crippen LogP contribution >= 0.6 is 11.8 Å². The van der Waals surface area contributed by atoms with E-state index in [1.54, 1.807) is 18.0 Å². The number of hydrogen-bond donors (Lipinski definition) is 0. The molecule has 0 saturated heterocycles. The molecule has 0 saturated carbocycles. The number of hydrogen-bond acceptors (Lipinski definition) is 5. The van der Waals surface area contributed by atoms with Gasteiger partial charge in [0, 0.05) is 24.7 Å². The predicted molar refractivity (Wildman–Crippen MR) is 106 cm³/mol. The molecule has 3 heterocycles. The Labute approximate surface area is 162 Å². The van der Waals surface area contributed by atoms with Crippen molar-refractivity contribution >= 4 is 11.8 Å². The summed E-state index contributed by atoms with van der Waals surface area (Å²) in [6.45, 7) is 1.94. The molecule has 0 bridgehead atoms. The molecule has 27 heavy (non-hydrogen) atoms. The van der Waals surface area contributed by atoms with E-state index in [1.165, 1.54) is 5.56 Å². The Kier molecular flexibility index (Phi) is 5.11. The van der Waals surface area contributed by atoms with Crippen molar-refractivity contribution < 1.29 is 4.42 Å². The SMILES string of the molecule is Cc1occc1-c1nnc(SCCCc2cnn(C)c2)n1-c1ccccc1. The van der Waals surface area contributed by atoms with E-state index in [9.17, 15) is 0 Å². The summed E-state index contributed by atoms with van der Waals surface area (Å²) in [5.74, 6) is 2.61. The zero-order chi connectivity index (χ0) is 18.6. The molecule has 0 unspecified atom stereocenters. The van der Waals surface area contributed by atoms with Crippen molar-refractivity contribution in [2.24, 2.45) is 7.05 Å². The molecule has 0 fully saturated rings. The summed E-state index contributed by atoms with van der Waals surface area (Å²) in [7, 11) is 1.94. The Balaban J connectivity index is 1.55. The fraction of sp³-hybridized carbons (Fsp3) is 0.250. The fourth-order valence-electron chi connectivity index (χ4n) is 3.01. The van der Waals surface area contributed by atoms with Gasteiger partial charge in [-0.25, -0.2) is 0 Å². The molecule has 0 aliphatic carbocycles. The maximum Gasteiger partial charge on any atom is 0.196 e. The summed E-state index contributed by atoms with van der Waals surface area (Å²) in [4.78, 5) is 0. The first-order valence-corrected chi connectivity index (χ1v) is 9.86. The summed E-state index contributed by atoms with van der Waals surface area (Å²) >= 11 is 1.72. The number of aromatic nitrogens is 5. The van der Waals surface area contributed by atoms with Gasteiger partial charge in [0.2, 0.25) is 0 Å². The van der Waals surface area contributed by atoms with Crippen LogP contribution in [0.4, 0.5) is 0 Å². The summed E-state index contributed by atoms with van der Waals surface area (Å²) in [5.41, 5.74) is 3.28. The van der Waals surface area contributed by atoms with Gasteiger partial charge in [0.25, 0.3) is 0 Å². The quantitative estimate of drug-likeness (QED) is 0.354. The number of furan rings is 1. The summed E-state index contributed by atoms with van der Waals surface area (Å²) in [6.07, 6.45) is 7.75. The molecule has 0 atom stereocenters. The van der Waals surface area contributed by atoms with Gasteiger partial charge < -0.3 is 4.42 Å². The van der Waals surface area contributed by atoms with Gasteiger partial charge in [-0.15, -0.1) is 10.2 Å². The monoisotopic (exact) mass is 379 g/mol. The van der Waals surface area contributed by atoms with Crippen LogP contribution in [0.5, 0.6) is 0 Å². The molecule has 0 amide bonds. The van der Waals surface area contributed by atoms with Crippen LogP contribution in [-0.4, -0.2) is 30.3 Å². The highest BCUT2D eigenvalue weighted by atomic mass is 32.2. The third-order valence-electron chi connectivity index (χ3n) is 4.35. The Morgan fingerprint density at radius 3 is 2.67 bits per heavy atom. The lowest BCUT2D eigenvalue weighted by atomic mass is 10.2. The molecule has 1 aromatic carbocycles. The van der Waals surface area contributed by atoms with Crippen molar-refractivity contribution in [3.05, 3.63) is 66.4 Å². The first-order valence-electron chi connectivity index (χ1n) is 8.88. The van der Waals surface area contributed by atoms with E-state index >= 15 is 0 Å². The molecule has 0 aliphatic rings. The first kappa shape index (κ1) is 17.6. The second-order valence-electron chi connectivity index (χ2n) is 6.34. The molecule has 0 aliphatic heterocycles. The van der Waals surface area contributed by atoms with Gasteiger partial charge in [0.05, 0.1) is 18.0 Å². The van der Waals surface area contributed by atoms with Gasteiger partial charge in [0.1, 0.15) is 5.76 Å². The van der Waals surface area contributed by atoms with Crippen LogP contribution < -0.4 is 0 Å². The van der Waals surface area contributed by atoms with Crippen molar-refractivity contribution in [1.29, 1.82) is 0 Å². The van der Waals surface area contributed by atoms with E-state index in [2.05, 4.69) is 38.2 Å². The van der Waals surface area contributed by atoms with Crippen LogP contribution in [0, 0.1) is 6.92 Å². The van der Waals surface area contributed by atoms with Gasteiger partial charge in [-0.3, -0.25) is 9.25 Å². The lowest BCUT2D eigenvalue weighted by Gasteiger charge is -2.09. The largest absolute Gasteiger partial charge is 0.469 e. The lowest BCUT2D eigenvalue weighted by molar-refractivity contribution is 0.535. The minimum absolute atomic E-state index is 0.808. The minimum Gasteiger partial charge on any atom is -0.469 e. The number of thioether (sulfide) groups is 1. The predicted octanol–water partition coefficient (Wildman–Crippen LogP) is 4.29. The normalized spacial score (nSPS) is 11.2. The van der Waals surface area contributed by atoms with E-state index in [1.807, 2.05) is 49.1 Å². The zero-order valence-electron chi connectivity index (χ0n) is 15.4. The molecular formula is C20H21N5OS. The van der Waals surface area contributed by atoms with Crippen LogP contribution in [0.1, 0.15) is 17.7 Å². The number of benzene rings is 1. The maximum atomic E-state index is 5.47. The Hall–Kier alpha value is -2.80. The third kappa shape index (κ3) is 3.83. The van der Waals surface area contributed by atoms with Gasteiger partial charge in [-0.05, 0) is 43.5 Å². The third-order valence-corrected chi connectivity index (χ3v) is 5.36. The average Bonchev–Trinajstić information content (AvgIpc) is 3.39. The molecule has 6 nitrogen and oxygen atoms in total. The second-order valence-corrected chi connectivity index (χ2v) is 7.40.